The minimum Gasteiger partial charge on any atom is -0.316 e. The highest BCUT2D eigenvalue weighted by Gasteiger charge is 2.23. The zero-order chi connectivity index (χ0) is 5.98. The molecule has 1 aliphatic rings. The quantitative estimate of drug-likeness (QED) is 0.526. The highest BCUT2D eigenvalue weighted by atomic mass is 16.3. The summed E-state index contributed by atoms with van der Waals surface area (Å²) < 4.78 is 0. The molecule has 1 saturated heterocycles. The van der Waals surface area contributed by atoms with E-state index in [0.717, 1.165) is 13.1 Å². The normalized spacial score (nSPS) is 24.1. The van der Waals surface area contributed by atoms with Crippen LogP contribution in [0.5, 0.6) is 0 Å². The van der Waals surface area contributed by atoms with Crippen LogP contribution in [0.3, 0.4) is 0 Å². The van der Waals surface area contributed by atoms with E-state index in [4.69, 9.17) is 0 Å². The molecule has 1 aliphatic heterocycles. The van der Waals surface area contributed by atoms with Crippen molar-refractivity contribution in [3.8, 4) is 0 Å². The van der Waals surface area contributed by atoms with E-state index in [-0.39, 0.29) is 6.04 Å². The molecule has 1 heterocycles. The molecule has 1 fully saturated rings. The summed E-state index contributed by atoms with van der Waals surface area (Å²) in [4.78, 5) is 9.86. The van der Waals surface area contributed by atoms with Crippen molar-refractivity contribution in [3.05, 3.63) is 4.91 Å². The van der Waals surface area contributed by atoms with Crippen molar-refractivity contribution in [1.29, 1.82) is 0 Å². The zero-order valence-electron chi connectivity index (χ0n) is 4.92. The fourth-order valence-electron chi connectivity index (χ4n) is 0.738. The molecule has 0 aromatic rings. The van der Waals surface area contributed by atoms with Gasteiger partial charge in [-0.2, -0.15) is 4.91 Å². The SMILES string of the molecule is CC(N=O)C1CNC1. The molecule has 0 aliphatic carbocycles. The summed E-state index contributed by atoms with van der Waals surface area (Å²) in [5.41, 5.74) is 0. The number of rotatable bonds is 2. The molecule has 3 heteroatoms. The van der Waals surface area contributed by atoms with E-state index in [0.29, 0.717) is 5.92 Å². The Morgan fingerprint density at radius 2 is 2.38 bits per heavy atom. The van der Waals surface area contributed by atoms with Gasteiger partial charge in [-0.25, -0.2) is 0 Å². The molecule has 0 saturated carbocycles. The molecule has 0 aromatic heterocycles. The van der Waals surface area contributed by atoms with Crippen LogP contribution >= 0.6 is 0 Å². The summed E-state index contributed by atoms with van der Waals surface area (Å²) in [6.07, 6.45) is 0. The lowest BCUT2D eigenvalue weighted by atomic mass is 9.96. The second-order valence-corrected chi connectivity index (χ2v) is 2.26. The Kier molecular flexibility index (Phi) is 1.58. The van der Waals surface area contributed by atoms with Crippen molar-refractivity contribution >= 4 is 0 Å². The number of nitrogens with zero attached hydrogens (tertiary/aromatic N) is 1. The Labute approximate surface area is 48.4 Å². The summed E-state index contributed by atoms with van der Waals surface area (Å²) >= 11 is 0. The van der Waals surface area contributed by atoms with Crippen molar-refractivity contribution in [3.63, 3.8) is 0 Å². The van der Waals surface area contributed by atoms with Crippen molar-refractivity contribution in [2.75, 3.05) is 13.1 Å². The maximum atomic E-state index is 9.86. The van der Waals surface area contributed by atoms with Gasteiger partial charge >= 0.3 is 0 Å². The number of hydrogen-bond donors (Lipinski definition) is 1. The maximum Gasteiger partial charge on any atom is 0.0943 e. The van der Waals surface area contributed by atoms with Gasteiger partial charge in [-0.1, -0.05) is 5.18 Å². The molecule has 1 N–H and O–H groups in total. The first-order valence-electron chi connectivity index (χ1n) is 2.88. The molecule has 0 aromatic carbocycles. The monoisotopic (exact) mass is 114 g/mol. The maximum absolute atomic E-state index is 9.86. The highest BCUT2D eigenvalue weighted by Crippen LogP contribution is 2.10. The molecule has 0 spiro atoms. The lowest BCUT2D eigenvalue weighted by Gasteiger charge is -2.28. The van der Waals surface area contributed by atoms with Gasteiger partial charge in [0.05, 0.1) is 6.04 Å². The van der Waals surface area contributed by atoms with E-state index in [2.05, 4.69) is 10.5 Å². The third kappa shape index (κ3) is 0.865. The number of hydrogen-bond acceptors (Lipinski definition) is 3. The van der Waals surface area contributed by atoms with Gasteiger partial charge in [-0.15, -0.1) is 0 Å². The first kappa shape index (κ1) is 5.69. The Balaban J connectivity index is 2.22. The first-order chi connectivity index (χ1) is 3.84. The zero-order valence-corrected chi connectivity index (χ0v) is 4.92. The molecule has 3 nitrogen and oxygen atoms in total. The van der Waals surface area contributed by atoms with Crippen LogP contribution < -0.4 is 5.32 Å². The molecule has 0 bridgehead atoms. The Morgan fingerprint density at radius 1 is 1.75 bits per heavy atom. The molecule has 0 radical (unpaired) electrons. The van der Waals surface area contributed by atoms with Crippen LogP contribution in [0.1, 0.15) is 6.92 Å². The highest BCUT2D eigenvalue weighted by molar-refractivity contribution is 4.82. The number of nitrogens with one attached hydrogen (secondary N) is 1. The fourth-order valence-corrected chi connectivity index (χ4v) is 0.738. The van der Waals surface area contributed by atoms with Crippen LogP contribution in [0.4, 0.5) is 0 Å². The van der Waals surface area contributed by atoms with E-state index in [1.807, 2.05) is 6.92 Å². The van der Waals surface area contributed by atoms with E-state index >= 15 is 0 Å². The predicted octanol–water partition coefficient (Wildman–Crippen LogP) is 0.361. The lowest BCUT2D eigenvalue weighted by molar-refractivity contribution is 0.304. The van der Waals surface area contributed by atoms with Gasteiger partial charge < -0.3 is 5.32 Å². The Hall–Kier alpha value is -0.440. The Bertz CT molecular complexity index is 90.4. The van der Waals surface area contributed by atoms with E-state index < -0.39 is 0 Å². The van der Waals surface area contributed by atoms with Gasteiger partial charge in [0.25, 0.3) is 0 Å². The van der Waals surface area contributed by atoms with Gasteiger partial charge in [0, 0.05) is 19.0 Å². The molecule has 0 amide bonds. The van der Waals surface area contributed by atoms with Gasteiger partial charge in [-0.05, 0) is 6.92 Å². The molecule has 1 atom stereocenters. The van der Waals surface area contributed by atoms with Crippen molar-refractivity contribution in [1.82, 2.24) is 5.32 Å². The third-order valence-corrected chi connectivity index (χ3v) is 1.66. The number of nitroso groups, excluding NO2 is 1. The summed E-state index contributed by atoms with van der Waals surface area (Å²) in [6.45, 7) is 3.79. The average Bonchev–Trinajstić information content (AvgIpc) is 1.62. The standard InChI is InChI=1S/C5H10N2O/c1-4(7-8)5-2-6-3-5/h4-6H,2-3H2,1H3. The van der Waals surface area contributed by atoms with Gasteiger partial charge in [-0.3, -0.25) is 0 Å². The molecule has 8 heavy (non-hydrogen) atoms. The van der Waals surface area contributed by atoms with Crippen LogP contribution in [-0.2, 0) is 0 Å². The van der Waals surface area contributed by atoms with E-state index in [9.17, 15) is 4.91 Å². The van der Waals surface area contributed by atoms with Crippen molar-refractivity contribution < 1.29 is 0 Å². The second-order valence-electron chi connectivity index (χ2n) is 2.26. The molecule has 46 valence electrons. The van der Waals surface area contributed by atoms with Gasteiger partial charge in [0.15, 0.2) is 0 Å². The van der Waals surface area contributed by atoms with Crippen LogP contribution in [-0.4, -0.2) is 19.1 Å². The van der Waals surface area contributed by atoms with Crippen molar-refractivity contribution in [2.45, 2.75) is 13.0 Å². The minimum atomic E-state index is 0.0104. The minimum absolute atomic E-state index is 0.0104. The fraction of sp³-hybridized carbons (Fsp3) is 1.00. The molecular weight excluding hydrogens is 104 g/mol. The molecule has 1 unspecified atom stereocenters. The van der Waals surface area contributed by atoms with Crippen LogP contribution in [0.2, 0.25) is 0 Å². The Morgan fingerprint density at radius 3 is 2.50 bits per heavy atom. The van der Waals surface area contributed by atoms with E-state index in [1.165, 1.54) is 0 Å². The first-order valence-corrected chi connectivity index (χ1v) is 2.88. The summed E-state index contributed by atoms with van der Waals surface area (Å²) in [5, 5.41) is 6.00. The largest absolute Gasteiger partial charge is 0.316 e. The topological polar surface area (TPSA) is 41.5 Å². The third-order valence-electron chi connectivity index (χ3n) is 1.66. The van der Waals surface area contributed by atoms with Crippen LogP contribution in [0.25, 0.3) is 0 Å². The van der Waals surface area contributed by atoms with Gasteiger partial charge in [0.2, 0.25) is 0 Å². The van der Waals surface area contributed by atoms with Crippen molar-refractivity contribution in [2.24, 2.45) is 11.1 Å². The van der Waals surface area contributed by atoms with E-state index in [1.54, 1.807) is 0 Å². The van der Waals surface area contributed by atoms with Crippen LogP contribution in [0.15, 0.2) is 5.18 Å². The molecule has 1 rings (SSSR count). The summed E-state index contributed by atoms with van der Waals surface area (Å²) in [6, 6.07) is 0.0104. The predicted molar refractivity (Wildman–Crippen MR) is 31.6 cm³/mol. The summed E-state index contributed by atoms with van der Waals surface area (Å²) in [5.74, 6) is 0.507. The molecular formula is C5H10N2O. The van der Waals surface area contributed by atoms with Crippen LogP contribution in [0, 0.1) is 10.8 Å². The second kappa shape index (κ2) is 2.22. The average molecular weight is 114 g/mol. The van der Waals surface area contributed by atoms with Gasteiger partial charge in [0.1, 0.15) is 0 Å². The lowest BCUT2D eigenvalue weighted by Crippen LogP contribution is -2.46. The smallest absolute Gasteiger partial charge is 0.0943 e. The summed E-state index contributed by atoms with van der Waals surface area (Å²) in [7, 11) is 0.